The largest absolute Gasteiger partial charge is 0.481 e. The Morgan fingerprint density at radius 3 is 2.55 bits per heavy atom. The van der Waals surface area contributed by atoms with E-state index < -0.39 is 23.8 Å². The fourth-order valence-electron chi connectivity index (χ4n) is 2.39. The van der Waals surface area contributed by atoms with Crippen molar-refractivity contribution in [2.75, 3.05) is 0 Å². The van der Waals surface area contributed by atoms with Gasteiger partial charge in [-0.05, 0) is 12.0 Å². The van der Waals surface area contributed by atoms with Gasteiger partial charge in [-0.2, -0.15) is 0 Å². The van der Waals surface area contributed by atoms with E-state index in [0.29, 0.717) is 0 Å². The van der Waals surface area contributed by atoms with Crippen LogP contribution in [0.25, 0.3) is 0 Å². The van der Waals surface area contributed by atoms with Gasteiger partial charge in [0, 0.05) is 12.8 Å². The zero-order chi connectivity index (χ0) is 14.5. The molecule has 1 aliphatic carbocycles. The fourth-order valence-corrected chi connectivity index (χ4v) is 2.39. The Hall–Kier alpha value is -2.17. The molecular formula is C15H16O5. The summed E-state index contributed by atoms with van der Waals surface area (Å²) < 4.78 is 5.14. The summed E-state index contributed by atoms with van der Waals surface area (Å²) in [5.74, 6) is -3.41. The molecule has 0 radical (unpaired) electrons. The van der Waals surface area contributed by atoms with Crippen LogP contribution in [0.3, 0.4) is 0 Å². The van der Waals surface area contributed by atoms with Crippen molar-refractivity contribution in [2.24, 2.45) is 11.8 Å². The first-order valence-electron chi connectivity index (χ1n) is 6.53. The third-order valence-corrected chi connectivity index (χ3v) is 3.51. The minimum atomic E-state index is -1.04. The van der Waals surface area contributed by atoms with Crippen LogP contribution in [0.5, 0.6) is 0 Å². The number of carboxylic acids is 1. The molecule has 0 saturated heterocycles. The van der Waals surface area contributed by atoms with Gasteiger partial charge < -0.3 is 9.84 Å². The van der Waals surface area contributed by atoms with Crippen LogP contribution in [0.1, 0.15) is 24.8 Å². The minimum Gasteiger partial charge on any atom is -0.481 e. The number of Topliss-reactive ketones (excluding diaryl/α,β-unsaturated/α-hetero) is 1. The molecule has 5 heteroatoms. The highest BCUT2D eigenvalue weighted by Gasteiger charge is 2.39. The van der Waals surface area contributed by atoms with E-state index in [2.05, 4.69) is 0 Å². The molecule has 20 heavy (non-hydrogen) atoms. The van der Waals surface area contributed by atoms with Crippen LogP contribution < -0.4 is 0 Å². The molecule has 1 aromatic rings. The van der Waals surface area contributed by atoms with Crippen LogP contribution in [0.4, 0.5) is 0 Å². The molecule has 106 valence electrons. The number of ether oxygens (including phenoxy) is 1. The van der Waals surface area contributed by atoms with E-state index in [4.69, 9.17) is 9.84 Å². The number of rotatable bonds is 4. The SMILES string of the molecule is O=C1CC[C@H](C(=O)O)[C@@H](C(=O)OCc2ccccc2)C1. The first-order chi connectivity index (χ1) is 9.58. The number of benzene rings is 1. The summed E-state index contributed by atoms with van der Waals surface area (Å²) in [5.41, 5.74) is 0.829. The smallest absolute Gasteiger partial charge is 0.310 e. The Labute approximate surface area is 116 Å². The maximum Gasteiger partial charge on any atom is 0.310 e. The van der Waals surface area contributed by atoms with Crippen molar-refractivity contribution in [1.82, 2.24) is 0 Å². The molecule has 1 fully saturated rings. The topological polar surface area (TPSA) is 80.7 Å². The van der Waals surface area contributed by atoms with Crippen molar-refractivity contribution in [3.8, 4) is 0 Å². The van der Waals surface area contributed by atoms with E-state index in [9.17, 15) is 14.4 Å². The molecule has 0 spiro atoms. The molecule has 0 unspecified atom stereocenters. The quantitative estimate of drug-likeness (QED) is 0.848. The summed E-state index contributed by atoms with van der Waals surface area (Å²) in [7, 11) is 0. The Balaban J connectivity index is 1.98. The minimum absolute atomic E-state index is 0.0371. The van der Waals surface area contributed by atoms with E-state index in [-0.39, 0.29) is 31.7 Å². The molecule has 2 rings (SSSR count). The van der Waals surface area contributed by atoms with E-state index >= 15 is 0 Å². The Morgan fingerprint density at radius 1 is 1.20 bits per heavy atom. The first-order valence-corrected chi connectivity index (χ1v) is 6.53. The second-order valence-electron chi connectivity index (χ2n) is 4.93. The first kappa shape index (κ1) is 14.2. The molecular weight excluding hydrogens is 260 g/mol. The van der Waals surface area contributed by atoms with Gasteiger partial charge in [-0.3, -0.25) is 14.4 Å². The number of carbonyl (C=O) groups excluding carboxylic acids is 2. The highest BCUT2D eigenvalue weighted by molar-refractivity contribution is 5.90. The molecule has 0 amide bonds. The van der Waals surface area contributed by atoms with Crippen LogP contribution in [-0.4, -0.2) is 22.8 Å². The van der Waals surface area contributed by atoms with Gasteiger partial charge in [-0.1, -0.05) is 30.3 Å². The predicted octanol–water partition coefficient (Wildman–Crippen LogP) is 1.80. The monoisotopic (exact) mass is 276 g/mol. The molecule has 5 nitrogen and oxygen atoms in total. The lowest BCUT2D eigenvalue weighted by Crippen LogP contribution is -2.36. The van der Waals surface area contributed by atoms with Crippen LogP contribution in [0.15, 0.2) is 30.3 Å². The molecule has 0 heterocycles. The maximum atomic E-state index is 12.0. The average molecular weight is 276 g/mol. The normalized spacial score (nSPS) is 22.3. The summed E-state index contributed by atoms with van der Waals surface area (Å²) in [6, 6.07) is 9.13. The van der Waals surface area contributed by atoms with Crippen LogP contribution >= 0.6 is 0 Å². The standard InChI is InChI=1S/C15H16O5/c16-11-6-7-12(14(17)18)13(8-11)15(19)20-9-10-4-2-1-3-5-10/h1-5,12-13H,6-9H2,(H,17,18)/t12-,13-/m0/s1. The molecule has 2 atom stereocenters. The maximum absolute atomic E-state index is 12.0. The van der Waals surface area contributed by atoms with Crippen LogP contribution in [-0.2, 0) is 25.7 Å². The van der Waals surface area contributed by atoms with Gasteiger partial charge in [0.1, 0.15) is 12.4 Å². The summed E-state index contributed by atoms with van der Waals surface area (Å²) in [5, 5.41) is 9.11. The van der Waals surface area contributed by atoms with Crippen molar-refractivity contribution in [2.45, 2.75) is 25.9 Å². The Kier molecular flexibility index (Phi) is 4.50. The summed E-state index contributed by atoms with van der Waals surface area (Å²) in [6.45, 7) is 0.0940. The van der Waals surface area contributed by atoms with Crippen molar-refractivity contribution < 1.29 is 24.2 Å². The van der Waals surface area contributed by atoms with Crippen LogP contribution in [0, 0.1) is 11.8 Å². The highest BCUT2D eigenvalue weighted by atomic mass is 16.5. The zero-order valence-corrected chi connectivity index (χ0v) is 11.0. The fraction of sp³-hybridized carbons (Fsp3) is 0.400. The highest BCUT2D eigenvalue weighted by Crippen LogP contribution is 2.29. The van der Waals surface area contributed by atoms with Gasteiger partial charge >= 0.3 is 11.9 Å². The van der Waals surface area contributed by atoms with Gasteiger partial charge in [0.25, 0.3) is 0 Å². The zero-order valence-electron chi connectivity index (χ0n) is 11.0. The van der Waals surface area contributed by atoms with Crippen molar-refractivity contribution in [3.05, 3.63) is 35.9 Å². The number of ketones is 1. The van der Waals surface area contributed by atoms with Gasteiger partial charge in [0.2, 0.25) is 0 Å². The second-order valence-corrected chi connectivity index (χ2v) is 4.93. The van der Waals surface area contributed by atoms with Crippen LogP contribution in [0.2, 0.25) is 0 Å². The number of hydrogen-bond acceptors (Lipinski definition) is 4. The van der Waals surface area contributed by atoms with Crippen molar-refractivity contribution >= 4 is 17.7 Å². The second kappa shape index (κ2) is 6.32. The third-order valence-electron chi connectivity index (χ3n) is 3.51. The number of hydrogen-bond donors (Lipinski definition) is 1. The number of carbonyl (C=O) groups is 3. The molecule has 0 aliphatic heterocycles. The van der Waals surface area contributed by atoms with Gasteiger partial charge in [-0.25, -0.2) is 0 Å². The van der Waals surface area contributed by atoms with Gasteiger partial charge in [-0.15, -0.1) is 0 Å². The number of esters is 1. The molecule has 1 N–H and O–H groups in total. The lowest BCUT2D eigenvalue weighted by Gasteiger charge is -2.25. The molecule has 1 aromatic carbocycles. The number of carboxylic acid groups (broad SMARTS) is 1. The van der Waals surface area contributed by atoms with Gasteiger partial charge in [0.15, 0.2) is 0 Å². The lowest BCUT2D eigenvalue weighted by atomic mass is 9.78. The van der Waals surface area contributed by atoms with Crippen molar-refractivity contribution in [1.29, 1.82) is 0 Å². The third kappa shape index (κ3) is 3.44. The van der Waals surface area contributed by atoms with E-state index in [1.807, 2.05) is 30.3 Å². The number of aliphatic carboxylic acids is 1. The molecule has 1 aliphatic rings. The summed E-state index contributed by atoms with van der Waals surface area (Å²) >= 11 is 0. The van der Waals surface area contributed by atoms with E-state index in [1.54, 1.807) is 0 Å². The lowest BCUT2D eigenvalue weighted by molar-refractivity contribution is -0.162. The van der Waals surface area contributed by atoms with Gasteiger partial charge in [0.05, 0.1) is 11.8 Å². The predicted molar refractivity (Wildman–Crippen MR) is 69.7 cm³/mol. The average Bonchev–Trinajstić information content (AvgIpc) is 2.45. The summed E-state index contributed by atoms with van der Waals surface area (Å²) in [6.07, 6.45) is 0.392. The van der Waals surface area contributed by atoms with E-state index in [1.165, 1.54) is 0 Å². The molecule has 0 bridgehead atoms. The van der Waals surface area contributed by atoms with E-state index in [0.717, 1.165) is 5.56 Å². The molecule has 1 saturated carbocycles. The Morgan fingerprint density at radius 2 is 1.90 bits per heavy atom. The Bertz CT molecular complexity index is 508. The summed E-state index contributed by atoms with van der Waals surface area (Å²) in [4.78, 5) is 34.5. The molecule has 0 aromatic heterocycles. The van der Waals surface area contributed by atoms with Crippen molar-refractivity contribution in [3.63, 3.8) is 0 Å².